The van der Waals surface area contributed by atoms with Crippen LogP contribution in [0.1, 0.15) is 40.2 Å². The number of esters is 1. The lowest BCUT2D eigenvalue weighted by atomic mass is 10.0. The van der Waals surface area contributed by atoms with Gasteiger partial charge in [-0.15, -0.1) is 0 Å². The van der Waals surface area contributed by atoms with Crippen LogP contribution in [0.3, 0.4) is 0 Å². The molecule has 1 heterocycles. The van der Waals surface area contributed by atoms with Gasteiger partial charge >= 0.3 is 5.97 Å². The molecule has 0 bridgehead atoms. The average Bonchev–Trinajstić information content (AvgIpc) is 3.24. The van der Waals surface area contributed by atoms with Gasteiger partial charge < -0.3 is 19.7 Å². The van der Waals surface area contributed by atoms with Crippen LogP contribution in [0.4, 0.5) is 0 Å². The van der Waals surface area contributed by atoms with Crippen LogP contribution >= 0.6 is 11.6 Å². The Hall–Kier alpha value is -3.17. The predicted octanol–water partition coefficient (Wildman–Crippen LogP) is 4.79. The summed E-state index contributed by atoms with van der Waals surface area (Å²) in [4.78, 5) is 12.8. The summed E-state index contributed by atoms with van der Waals surface area (Å²) in [7, 11) is -1.94. The van der Waals surface area contributed by atoms with Crippen LogP contribution in [0, 0.1) is 0 Å². The number of rotatable bonds is 10. The molecule has 7 nitrogen and oxygen atoms in total. The smallest absolute Gasteiger partial charge is 0.354 e. The Bertz CT molecular complexity index is 1550. The summed E-state index contributed by atoms with van der Waals surface area (Å²) in [5.74, 6) is -0.444. The second-order valence-electron chi connectivity index (χ2n) is 9.50. The summed E-state index contributed by atoms with van der Waals surface area (Å²) < 4.78 is 30.5. The van der Waals surface area contributed by atoms with Crippen molar-refractivity contribution < 1.29 is 23.1 Å². The number of aromatic nitrogens is 1. The lowest BCUT2D eigenvalue weighted by Crippen LogP contribution is -2.32. The molecule has 4 aromatic rings. The summed E-state index contributed by atoms with van der Waals surface area (Å²) >= 11 is 6.03. The van der Waals surface area contributed by atoms with E-state index in [1.807, 2.05) is 34.9 Å². The zero-order valence-electron chi connectivity index (χ0n) is 21.5. The monoisotopic (exact) mass is 554 g/mol. The molecule has 1 aromatic heterocycles. The second-order valence-corrected chi connectivity index (χ2v) is 12.0. The van der Waals surface area contributed by atoms with Gasteiger partial charge in [0.2, 0.25) is 0 Å². The Balaban J connectivity index is 1.51. The molecule has 0 saturated carbocycles. The van der Waals surface area contributed by atoms with Crippen LogP contribution < -0.4 is 5.32 Å². The number of methoxy groups -OCH3 is 1. The molecule has 0 amide bonds. The number of carbonyl (C=O) groups excluding carboxylic acids is 1. The lowest BCUT2D eigenvalue weighted by Gasteiger charge is -2.18. The predicted molar refractivity (Wildman–Crippen MR) is 150 cm³/mol. The van der Waals surface area contributed by atoms with E-state index in [0.29, 0.717) is 23.8 Å². The molecule has 2 N–H and O–H groups in total. The highest BCUT2D eigenvalue weighted by molar-refractivity contribution is 7.90. The topological polar surface area (TPSA) is 97.6 Å². The van der Waals surface area contributed by atoms with Gasteiger partial charge in [0.15, 0.2) is 9.84 Å². The minimum absolute atomic E-state index is 0.0943. The molecular formula is C29H31ClN2O5S. The van der Waals surface area contributed by atoms with Crippen LogP contribution in [0.2, 0.25) is 5.02 Å². The van der Waals surface area contributed by atoms with E-state index in [9.17, 15) is 18.3 Å². The van der Waals surface area contributed by atoms with Crippen molar-refractivity contribution in [1.82, 2.24) is 9.88 Å². The quantitative estimate of drug-likeness (QED) is 0.274. The normalized spacial score (nSPS) is 13.4. The molecule has 38 heavy (non-hydrogen) atoms. The largest absolute Gasteiger partial charge is 0.464 e. The van der Waals surface area contributed by atoms with Gasteiger partial charge in [-0.1, -0.05) is 41.9 Å². The number of hydrogen-bond acceptors (Lipinski definition) is 6. The fourth-order valence-electron chi connectivity index (χ4n) is 4.49. The van der Waals surface area contributed by atoms with Crippen LogP contribution in [-0.4, -0.2) is 50.0 Å². The highest BCUT2D eigenvalue weighted by Crippen LogP contribution is 2.25. The number of halogens is 1. The van der Waals surface area contributed by atoms with Crippen molar-refractivity contribution in [3.63, 3.8) is 0 Å². The third-order valence-corrected chi connectivity index (χ3v) is 7.85. The maximum atomic E-state index is 12.6. The van der Waals surface area contributed by atoms with Gasteiger partial charge in [0, 0.05) is 41.3 Å². The van der Waals surface area contributed by atoms with Crippen molar-refractivity contribution in [1.29, 1.82) is 0 Å². The van der Waals surface area contributed by atoms with Crippen molar-refractivity contribution in [2.75, 3.05) is 19.9 Å². The molecule has 9 heteroatoms. The molecule has 0 unspecified atom stereocenters. The summed E-state index contributed by atoms with van der Waals surface area (Å²) in [6, 6.07) is 21.8. The molecular weight excluding hydrogens is 524 g/mol. The van der Waals surface area contributed by atoms with E-state index in [1.54, 1.807) is 36.4 Å². The molecule has 0 fully saturated rings. The minimum Gasteiger partial charge on any atom is -0.464 e. The zero-order chi connectivity index (χ0) is 27.4. The Morgan fingerprint density at radius 3 is 2.42 bits per heavy atom. The van der Waals surface area contributed by atoms with Crippen LogP contribution in [0.25, 0.3) is 10.9 Å². The second kappa shape index (κ2) is 11.7. The number of ether oxygens (including phenoxy) is 1. The van der Waals surface area contributed by atoms with E-state index in [1.165, 1.54) is 13.4 Å². The molecule has 200 valence electrons. The molecule has 0 radical (unpaired) electrons. The first-order valence-corrected chi connectivity index (χ1v) is 14.5. The van der Waals surface area contributed by atoms with Crippen molar-refractivity contribution in [3.8, 4) is 0 Å². The van der Waals surface area contributed by atoms with E-state index in [4.69, 9.17) is 16.3 Å². The number of benzene rings is 3. The van der Waals surface area contributed by atoms with E-state index < -0.39 is 21.9 Å². The summed E-state index contributed by atoms with van der Waals surface area (Å²) in [6.45, 7) is 2.83. The van der Waals surface area contributed by atoms with E-state index in [2.05, 4.69) is 18.3 Å². The third kappa shape index (κ3) is 6.63. The Kier molecular flexibility index (Phi) is 8.57. The molecule has 2 atom stereocenters. The number of aliphatic hydroxyl groups excluding tert-OH is 1. The zero-order valence-corrected chi connectivity index (χ0v) is 23.1. The van der Waals surface area contributed by atoms with Gasteiger partial charge in [-0.3, -0.25) is 0 Å². The van der Waals surface area contributed by atoms with Crippen molar-refractivity contribution in [3.05, 3.63) is 100 Å². The van der Waals surface area contributed by atoms with Gasteiger partial charge in [-0.25, -0.2) is 13.2 Å². The molecule has 4 rings (SSSR count). The standard InChI is InChI=1S/C29H31ClN2O5S/c1-19(31-17-28(33)22-5-4-6-24(30)15-22)13-21-9-12-26-23(14-21)16-27(29(34)37-2)32(26)18-20-7-10-25(11-8-20)38(3,35)36/h4-12,14-16,19,28,31,33H,13,17-18H2,1-3H3/t19-,28+/m1/s1. The Morgan fingerprint density at radius 2 is 1.76 bits per heavy atom. The SMILES string of the molecule is COC(=O)c1cc2cc(C[C@@H](C)NC[C@H](O)c3cccc(Cl)c3)ccc2n1Cc1ccc(S(C)(=O)=O)cc1. The maximum absolute atomic E-state index is 12.6. The van der Waals surface area contributed by atoms with E-state index in [0.717, 1.165) is 34.0 Å². The van der Waals surface area contributed by atoms with Gasteiger partial charge in [0.1, 0.15) is 5.69 Å². The lowest BCUT2D eigenvalue weighted by molar-refractivity contribution is 0.0589. The molecule has 0 spiro atoms. The first-order valence-electron chi connectivity index (χ1n) is 12.2. The van der Waals surface area contributed by atoms with Crippen LogP contribution in [-0.2, 0) is 27.5 Å². The molecule has 3 aromatic carbocycles. The van der Waals surface area contributed by atoms with Crippen molar-refractivity contribution in [2.45, 2.75) is 36.9 Å². The Labute approximate surface area is 227 Å². The number of hydrogen-bond donors (Lipinski definition) is 2. The number of sulfone groups is 1. The maximum Gasteiger partial charge on any atom is 0.354 e. The number of nitrogens with one attached hydrogen (secondary N) is 1. The number of carbonyl (C=O) groups is 1. The molecule has 0 aliphatic carbocycles. The highest BCUT2D eigenvalue weighted by Gasteiger charge is 2.18. The minimum atomic E-state index is -3.29. The fourth-order valence-corrected chi connectivity index (χ4v) is 5.32. The van der Waals surface area contributed by atoms with E-state index >= 15 is 0 Å². The average molecular weight is 555 g/mol. The van der Waals surface area contributed by atoms with Crippen molar-refractivity contribution in [2.24, 2.45) is 0 Å². The number of aliphatic hydroxyl groups is 1. The van der Waals surface area contributed by atoms with Gasteiger partial charge in [0.25, 0.3) is 0 Å². The summed E-state index contributed by atoms with van der Waals surface area (Å²) in [5.41, 5.74) is 4.00. The Morgan fingerprint density at radius 1 is 1.05 bits per heavy atom. The van der Waals surface area contributed by atoms with Crippen LogP contribution in [0.5, 0.6) is 0 Å². The number of fused-ring (bicyclic) bond motifs is 1. The first-order chi connectivity index (χ1) is 18.0. The van der Waals surface area contributed by atoms with Gasteiger partial charge in [-0.2, -0.15) is 0 Å². The summed E-state index contributed by atoms with van der Waals surface area (Å²) in [5, 5.41) is 15.4. The third-order valence-electron chi connectivity index (χ3n) is 6.49. The molecule has 0 saturated heterocycles. The van der Waals surface area contributed by atoms with E-state index in [-0.39, 0.29) is 10.9 Å². The van der Waals surface area contributed by atoms with Gasteiger partial charge in [0.05, 0.1) is 18.1 Å². The summed E-state index contributed by atoms with van der Waals surface area (Å²) in [6.07, 6.45) is 1.23. The first kappa shape index (κ1) is 27.9. The van der Waals surface area contributed by atoms with Crippen molar-refractivity contribution >= 4 is 38.3 Å². The fraction of sp³-hybridized carbons (Fsp3) is 0.276. The van der Waals surface area contributed by atoms with Gasteiger partial charge in [-0.05, 0) is 72.5 Å². The molecule has 0 aliphatic rings. The van der Waals surface area contributed by atoms with Crippen LogP contribution in [0.15, 0.2) is 77.7 Å². The molecule has 0 aliphatic heterocycles. The highest BCUT2D eigenvalue weighted by atomic mass is 35.5. The number of nitrogens with zero attached hydrogens (tertiary/aromatic N) is 1.